The predicted molar refractivity (Wildman–Crippen MR) is 105 cm³/mol. The molecule has 0 spiro atoms. The number of alkyl halides is 3. The SMILES string of the molecule is COc1ccc(-c2ccc(C(=O)CCCC(=O)C(F)(F)F)cc2)c2ccccc12. The van der Waals surface area contributed by atoms with Crippen molar-refractivity contribution in [3.8, 4) is 16.9 Å². The summed E-state index contributed by atoms with van der Waals surface area (Å²) in [4.78, 5) is 23.1. The summed E-state index contributed by atoms with van der Waals surface area (Å²) in [5.74, 6) is -1.32. The van der Waals surface area contributed by atoms with Gasteiger partial charge < -0.3 is 4.74 Å². The zero-order valence-corrected chi connectivity index (χ0v) is 15.8. The van der Waals surface area contributed by atoms with E-state index in [1.54, 1.807) is 19.2 Å². The molecule has 0 aromatic heterocycles. The lowest BCUT2D eigenvalue weighted by molar-refractivity contribution is -0.171. The van der Waals surface area contributed by atoms with Crippen LogP contribution in [0.2, 0.25) is 0 Å². The minimum atomic E-state index is -4.84. The lowest BCUT2D eigenvalue weighted by Crippen LogP contribution is -2.22. The Morgan fingerprint density at radius 2 is 1.52 bits per heavy atom. The van der Waals surface area contributed by atoms with Crippen LogP contribution in [0.15, 0.2) is 60.7 Å². The van der Waals surface area contributed by atoms with Gasteiger partial charge in [-0.15, -0.1) is 0 Å². The molecule has 0 saturated heterocycles. The standard InChI is InChI=1S/C23H19F3O3/c1-29-21-14-13-17(18-5-2-3-6-19(18)21)15-9-11-16(12-10-15)20(27)7-4-8-22(28)23(24,25)26/h2-3,5-6,9-14H,4,7-8H2,1H3. The quantitative estimate of drug-likeness (QED) is 0.457. The Hall–Kier alpha value is -3.15. The van der Waals surface area contributed by atoms with Crippen LogP contribution in [0, 0.1) is 0 Å². The Kier molecular flexibility index (Phi) is 6.01. The van der Waals surface area contributed by atoms with Gasteiger partial charge in [-0.3, -0.25) is 9.59 Å². The van der Waals surface area contributed by atoms with Crippen molar-refractivity contribution in [2.24, 2.45) is 0 Å². The summed E-state index contributed by atoms with van der Waals surface area (Å²) >= 11 is 0. The molecule has 0 aliphatic rings. The average Bonchev–Trinajstić information content (AvgIpc) is 2.72. The molecule has 150 valence electrons. The van der Waals surface area contributed by atoms with Crippen LogP contribution in [-0.2, 0) is 4.79 Å². The Morgan fingerprint density at radius 1 is 0.862 bits per heavy atom. The molecule has 29 heavy (non-hydrogen) atoms. The maximum Gasteiger partial charge on any atom is 0.449 e. The molecule has 3 rings (SSSR count). The third-order valence-corrected chi connectivity index (χ3v) is 4.75. The first-order valence-electron chi connectivity index (χ1n) is 9.10. The molecule has 0 radical (unpaired) electrons. The highest BCUT2D eigenvalue weighted by Crippen LogP contribution is 2.34. The van der Waals surface area contributed by atoms with Crippen LogP contribution >= 0.6 is 0 Å². The fourth-order valence-electron chi connectivity index (χ4n) is 3.23. The van der Waals surface area contributed by atoms with Crippen LogP contribution in [0.4, 0.5) is 13.2 Å². The van der Waals surface area contributed by atoms with Gasteiger partial charge in [0, 0.05) is 23.8 Å². The smallest absolute Gasteiger partial charge is 0.449 e. The van der Waals surface area contributed by atoms with Gasteiger partial charge in [-0.25, -0.2) is 0 Å². The number of fused-ring (bicyclic) bond motifs is 1. The summed E-state index contributed by atoms with van der Waals surface area (Å²) in [5.41, 5.74) is 2.30. The number of benzene rings is 3. The number of ether oxygens (including phenoxy) is 1. The third-order valence-electron chi connectivity index (χ3n) is 4.75. The molecule has 0 bridgehead atoms. The van der Waals surface area contributed by atoms with E-state index in [0.29, 0.717) is 5.56 Å². The van der Waals surface area contributed by atoms with E-state index >= 15 is 0 Å². The second-order valence-corrected chi connectivity index (χ2v) is 6.64. The van der Waals surface area contributed by atoms with Crippen LogP contribution in [0.1, 0.15) is 29.6 Å². The van der Waals surface area contributed by atoms with Crippen molar-refractivity contribution in [3.63, 3.8) is 0 Å². The first kappa shape index (κ1) is 20.6. The van der Waals surface area contributed by atoms with Crippen LogP contribution in [0.5, 0.6) is 5.75 Å². The number of hydrogen-bond donors (Lipinski definition) is 0. The van der Waals surface area contributed by atoms with Crippen molar-refractivity contribution in [1.29, 1.82) is 0 Å². The summed E-state index contributed by atoms with van der Waals surface area (Å²) < 4.78 is 42.1. The Morgan fingerprint density at radius 3 is 2.14 bits per heavy atom. The fraction of sp³-hybridized carbons (Fsp3) is 0.217. The van der Waals surface area contributed by atoms with Crippen molar-refractivity contribution in [3.05, 3.63) is 66.2 Å². The molecular weight excluding hydrogens is 381 g/mol. The Labute approximate surface area is 166 Å². The van der Waals surface area contributed by atoms with Gasteiger partial charge in [0.1, 0.15) is 5.75 Å². The molecule has 0 fully saturated rings. The highest BCUT2D eigenvalue weighted by Gasteiger charge is 2.37. The van der Waals surface area contributed by atoms with Gasteiger partial charge in [-0.05, 0) is 29.0 Å². The predicted octanol–water partition coefficient (Wildman–Crippen LogP) is 6.00. The van der Waals surface area contributed by atoms with Crippen LogP contribution in [0.25, 0.3) is 21.9 Å². The van der Waals surface area contributed by atoms with Gasteiger partial charge in [0.15, 0.2) is 5.78 Å². The van der Waals surface area contributed by atoms with Crippen molar-refractivity contribution >= 4 is 22.3 Å². The molecule has 0 amide bonds. The maximum absolute atomic E-state index is 12.2. The summed E-state index contributed by atoms with van der Waals surface area (Å²) in [6, 6.07) is 18.6. The van der Waals surface area contributed by atoms with E-state index in [1.165, 1.54) is 0 Å². The third kappa shape index (κ3) is 4.65. The average molecular weight is 400 g/mol. The van der Waals surface area contributed by atoms with E-state index in [4.69, 9.17) is 4.74 Å². The summed E-state index contributed by atoms with van der Waals surface area (Å²) in [6.07, 6.45) is -5.74. The van der Waals surface area contributed by atoms with Crippen LogP contribution in [-0.4, -0.2) is 24.9 Å². The topological polar surface area (TPSA) is 43.4 Å². The first-order chi connectivity index (χ1) is 13.8. The number of ketones is 2. The largest absolute Gasteiger partial charge is 0.496 e. The molecule has 0 saturated carbocycles. The normalized spacial score (nSPS) is 11.4. The number of hydrogen-bond acceptors (Lipinski definition) is 3. The van der Waals surface area contributed by atoms with Crippen molar-refractivity contribution in [2.75, 3.05) is 7.11 Å². The van der Waals surface area contributed by atoms with Crippen molar-refractivity contribution < 1.29 is 27.5 Å². The van der Waals surface area contributed by atoms with Gasteiger partial charge in [0.25, 0.3) is 0 Å². The highest BCUT2D eigenvalue weighted by atomic mass is 19.4. The highest BCUT2D eigenvalue weighted by molar-refractivity contribution is 6.01. The molecule has 0 unspecified atom stereocenters. The maximum atomic E-state index is 12.2. The number of methoxy groups -OCH3 is 1. The summed E-state index contributed by atoms with van der Waals surface area (Å²) in [7, 11) is 1.62. The van der Waals surface area contributed by atoms with E-state index in [9.17, 15) is 22.8 Å². The van der Waals surface area contributed by atoms with Crippen LogP contribution in [0.3, 0.4) is 0 Å². The van der Waals surface area contributed by atoms with E-state index in [1.807, 2.05) is 48.5 Å². The van der Waals surface area contributed by atoms with Crippen molar-refractivity contribution in [1.82, 2.24) is 0 Å². The van der Waals surface area contributed by atoms with Gasteiger partial charge >= 0.3 is 6.18 Å². The van der Waals surface area contributed by atoms with Gasteiger partial charge in [0.05, 0.1) is 7.11 Å². The van der Waals surface area contributed by atoms with E-state index in [0.717, 1.165) is 27.6 Å². The zero-order chi connectivity index (χ0) is 21.0. The molecular formula is C23H19F3O3. The van der Waals surface area contributed by atoms with E-state index in [2.05, 4.69) is 0 Å². The molecule has 3 aromatic carbocycles. The lowest BCUT2D eigenvalue weighted by Gasteiger charge is -2.11. The van der Waals surface area contributed by atoms with Gasteiger partial charge in [0.2, 0.25) is 5.78 Å². The second-order valence-electron chi connectivity index (χ2n) is 6.64. The molecule has 0 heterocycles. The second kappa shape index (κ2) is 8.47. The van der Waals surface area contributed by atoms with Gasteiger partial charge in [-0.1, -0.05) is 54.6 Å². The molecule has 6 heteroatoms. The molecule has 3 nitrogen and oxygen atoms in total. The minimum Gasteiger partial charge on any atom is -0.496 e. The Bertz CT molecular complexity index is 1040. The van der Waals surface area contributed by atoms with E-state index in [-0.39, 0.29) is 18.6 Å². The Balaban J connectivity index is 1.75. The number of halogens is 3. The fourth-order valence-corrected chi connectivity index (χ4v) is 3.23. The zero-order valence-electron chi connectivity index (χ0n) is 15.8. The van der Waals surface area contributed by atoms with Crippen LogP contribution < -0.4 is 4.74 Å². The number of Topliss-reactive ketones (excluding diaryl/α,β-unsaturated/α-hetero) is 2. The van der Waals surface area contributed by atoms with Crippen molar-refractivity contribution in [2.45, 2.75) is 25.4 Å². The first-order valence-corrected chi connectivity index (χ1v) is 9.10. The molecule has 0 aliphatic heterocycles. The minimum absolute atomic E-state index is 0.105. The molecule has 0 atom stereocenters. The van der Waals surface area contributed by atoms with E-state index < -0.39 is 18.4 Å². The lowest BCUT2D eigenvalue weighted by atomic mass is 9.96. The number of carbonyl (C=O) groups is 2. The molecule has 3 aromatic rings. The molecule has 0 N–H and O–H groups in total. The summed E-state index contributed by atoms with van der Waals surface area (Å²) in [5, 5.41) is 1.98. The number of rotatable bonds is 7. The monoisotopic (exact) mass is 400 g/mol. The van der Waals surface area contributed by atoms with Gasteiger partial charge in [-0.2, -0.15) is 13.2 Å². The number of carbonyl (C=O) groups excluding carboxylic acids is 2. The molecule has 0 aliphatic carbocycles. The summed E-state index contributed by atoms with van der Waals surface area (Å²) in [6.45, 7) is 0.